The van der Waals surface area contributed by atoms with Gasteiger partial charge in [-0.2, -0.15) is 0 Å². The summed E-state index contributed by atoms with van der Waals surface area (Å²) >= 11 is 6.87. The lowest BCUT2D eigenvalue weighted by Crippen LogP contribution is -2.46. The van der Waals surface area contributed by atoms with Crippen molar-refractivity contribution >= 4 is 54.8 Å². The fourth-order valence-corrected chi connectivity index (χ4v) is 3.80. The van der Waals surface area contributed by atoms with Crippen LogP contribution < -0.4 is 10.6 Å². The van der Waals surface area contributed by atoms with E-state index in [4.69, 9.17) is 4.74 Å². The summed E-state index contributed by atoms with van der Waals surface area (Å²) in [5.74, 6) is -0.336. The molecule has 1 atom stereocenters. The molecule has 6 nitrogen and oxygen atoms in total. The number of fused-ring (bicyclic) bond motifs is 1. The van der Waals surface area contributed by atoms with Gasteiger partial charge in [0.05, 0.1) is 5.56 Å². The number of benzene rings is 2. The Morgan fingerprint density at radius 2 is 1.87 bits per heavy atom. The third-order valence-corrected chi connectivity index (χ3v) is 5.46. The van der Waals surface area contributed by atoms with Crippen molar-refractivity contribution in [2.75, 3.05) is 0 Å². The molecule has 30 heavy (non-hydrogen) atoms. The topological polar surface area (TPSA) is 83.2 Å². The van der Waals surface area contributed by atoms with Gasteiger partial charge < -0.3 is 20.4 Å². The first kappa shape index (κ1) is 22.4. The van der Waals surface area contributed by atoms with Crippen molar-refractivity contribution < 1.29 is 14.3 Å². The van der Waals surface area contributed by atoms with Crippen LogP contribution in [-0.2, 0) is 11.2 Å². The first-order valence-corrected chi connectivity index (χ1v) is 11.0. The van der Waals surface area contributed by atoms with Gasteiger partial charge in [0.1, 0.15) is 0 Å². The molecule has 0 radical (unpaired) electrons. The van der Waals surface area contributed by atoms with Gasteiger partial charge in [-0.15, -0.1) is 0 Å². The summed E-state index contributed by atoms with van der Waals surface area (Å²) < 4.78 is 7.19. The van der Waals surface area contributed by atoms with Crippen LogP contribution in [0.25, 0.3) is 10.9 Å². The SMILES string of the molecule is CC(C)(C)NC(=O)OC(Cc1c[nH]c2ccc(Br)cc12)NC(=O)c1ccccc1Br. The van der Waals surface area contributed by atoms with Gasteiger partial charge in [-0.05, 0) is 72.6 Å². The summed E-state index contributed by atoms with van der Waals surface area (Å²) in [6.45, 7) is 5.58. The number of ether oxygens (including phenoxy) is 1. The number of aromatic nitrogens is 1. The third-order valence-electron chi connectivity index (χ3n) is 4.27. The van der Waals surface area contributed by atoms with Gasteiger partial charge in [0.2, 0.25) is 0 Å². The van der Waals surface area contributed by atoms with E-state index >= 15 is 0 Å². The van der Waals surface area contributed by atoms with E-state index in [1.807, 2.05) is 51.2 Å². The van der Waals surface area contributed by atoms with Crippen LogP contribution in [0.15, 0.2) is 57.6 Å². The van der Waals surface area contributed by atoms with Crippen molar-refractivity contribution in [2.45, 2.75) is 39.0 Å². The third kappa shape index (κ3) is 5.86. The maximum absolute atomic E-state index is 12.8. The van der Waals surface area contributed by atoms with Crippen molar-refractivity contribution in [3.05, 3.63) is 68.7 Å². The van der Waals surface area contributed by atoms with Crippen LogP contribution in [-0.4, -0.2) is 28.8 Å². The monoisotopic (exact) mass is 535 g/mol. The molecule has 2 aromatic carbocycles. The predicted molar refractivity (Wildman–Crippen MR) is 124 cm³/mol. The maximum Gasteiger partial charge on any atom is 0.409 e. The minimum atomic E-state index is -0.857. The predicted octanol–water partition coefficient (Wildman–Crippen LogP) is 5.52. The molecule has 0 aliphatic carbocycles. The number of hydrogen-bond acceptors (Lipinski definition) is 3. The lowest BCUT2D eigenvalue weighted by atomic mass is 10.1. The van der Waals surface area contributed by atoms with E-state index in [0.29, 0.717) is 16.5 Å². The number of nitrogens with one attached hydrogen (secondary N) is 3. The number of rotatable bonds is 5. The number of aromatic amines is 1. The number of carbonyl (C=O) groups excluding carboxylic acids is 2. The summed E-state index contributed by atoms with van der Waals surface area (Å²) in [6.07, 6.45) is 0.718. The van der Waals surface area contributed by atoms with E-state index in [0.717, 1.165) is 20.9 Å². The Labute approximate surface area is 192 Å². The second-order valence-corrected chi connectivity index (χ2v) is 9.70. The highest BCUT2D eigenvalue weighted by atomic mass is 79.9. The second kappa shape index (κ2) is 9.22. The zero-order chi connectivity index (χ0) is 21.9. The molecule has 0 aliphatic heterocycles. The highest BCUT2D eigenvalue weighted by Crippen LogP contribution is 2.24. The molecule has 3 N–H and O–H groups in total. The maximum atomic E-state index is 12.8. The molecule has 0 saturated carbocycles. The number of H-pyrrole nitrogens is 1. The van der Waals surface area contributed by atoms with E-state index < -0.39 is 17.9 Å². The van der Waals surface area contributed by atoms with Crippen molar-refractivity contribution in [3.63, 3.8) is 0 Å². The van der Waals surface area contributed by atoms with Gasteiger partial charge in [0, 0.05) is 38.0 Å². The molecule has 158 valence electrons. The molecule has 1 heterocycles. The zero-order valence-corrected chi connectivity index (χ0v) is 20.1. The number of halogens is 2. The molecular formula is C22H23Br2N3O3. The standard InChI is InChI=1S/C22H23Br2N3O3/c1-22(2,3)27-21(29)30-19(26-20(28)15-6-4-5-7-17(15)24)10-13-12-25-18-9-8-14(23)11-16(13)18/h4-9,11-12,19,25H,10H2,1-3H3,(H,26,28)(H,27,29). The van der Waals surface area contributed by atoms with Crippen LogP contribution in [0.4, 0.5) is 4.79 Å². The molecule has 2 amide bonds. The smallest absolute Gasteiger partial charge is 0.409 e. The Morgan fingerprint density at radius 3 is 2.57 bits per heavy atom. The van der Waals surface area contributed by atoms with E-state index in [9.17, 15) is 9.59 Å². The highest BCUT2D eigenvalue weighted by molar-refractivity contribution is 9.10. The Kier molecular flexibility index (Phi) is 6.88. The summed E-state index contributed by atoms with van der Waals surface area (Å²) in [5, 5.41) is 6.58. The van der Waals surface area contributed by atoms with E-state index in [-0.39, 0.29) is 5.91 Å². The van der Waals surface area contributed by atoms with Gasteiger partial charge >= 0.3 is 6.09 Å². The normalized spacial score (nSPS) is 12.4. The molecule has 0 fully saturated rings. The lowest BCUT2D eigenvalue weighted by Gasteiger charge is -2.24. The molecule has 1 aromatic heterocycles. The number of carbonyl (C=O) groups is 2. The molecule has 1 unspecified atom stereocenters. The molecule has 3 rings (SSSR count). The van der Waals surface area contributed by atoms with Crippen LogP contribution >= 0.6 is 31.9 Å². The van der Waals surface area contributed by atoms with Crippen molar-refractivity contribution in [1.29, 1.82) is 0 Å². The summed E-state index contributed by atoms with van der Waals surface area (Å²) in [7, 11) is 0. The van der Waals surface area contributed by atoms with E-state index in [1.165, 1.54) is 0 Å². The molecule has 0 saturated heterocycles. The quantitative estimate of drug-likeness (QED) is 0.375. The molecule has 0 aliphatic rings. The van der Waals surface area contributed by atoms with Crippen molar-refractivity contribution in [1.82, 2.24) is 15.6 Å². The van der Waals surface area contributed by atoms with Crippen LogP contribution in [0, 0.1) is 0 Å². The molecular weight excluding hydrogens is 514 g/mol. The number of amides is 2. The van der Waals surface area contributed by atoms with Gasteiger partial charge in [0.25, 0.3) is 5.91 Å². The zero-order valence-electron chi connectivity index (χ0n) is 16.9. The van der Waals surface area contributed by atoms with Crippen LogP contribution in [0.5, 0.6) is 0 Å². The molecule has 8 heteroatoms. The second-order valence-electron chi connectivity index (χ2n) is 7.93. The molecule has 0 spiro atoms. The van der Waals surface area contributed by atoms with Crippen molar-refractivity contribution in [2.24, 2.45) is 0 Å². The summed E-state index contributed by atoms with van der Waals surface area (Å²) in [6, 6.07) is 13.0. The highest BCUT2D eigenvalue weighted by Gasteiger charge is 2.23. The number of hydrogen-bond donors (Lipinski definition) is 3. The Hall–Kier alpha value is -2.32. The van der Waals surface area contributed by atoms with Gasteiger partial charge in [0.15, 0.2) is 6.23 Å². The minimum absolute atomic E-state index is 0.310. The van der Waals surface area contributed by atoms with Crippen LogP contribution in [0.3, 0.4) is 0 Å². The van der Waals surface area contributed by atoms with Gasteiger partial charge in [-0.25, -0.2) is 4.79 Å². The van der Waals surface area contributed by atoms with Gasteiger partial charge in [-0.3, -0.25) is 4.79 Å². The van der Waals surface area contributed by atoms with Gasteiger partial charge in [-0.1, -0.05) is 28.1 Å². The average molecular weight is 537 g/mol. The largest absolute Gasteiger partial charge is 0.425 e. The first-order valence-electron chi connectivity index (χ1n) is 9.42. The summed E-state index contributed by atoms with van der Waals surface area (Å²) in [4.78, 5) is 28.4. The Bertz CT molecular complexity index is 1070. The Morgan fingerprint density at radius 1 is 1.13 bits per heavy atom. The minimum Gasteiger partial charge on any atom is -0.425 e. The molecule has 0 bridgehead atoms. The van der Waals surface area contributed by atoms with Crippen LogP contribution in [0.2, 0.25) is 0 Å². The average Bonchev–Trinajstić information content (AvgIpc) is 3.02. The van der Waals surface area contributed by atoms with E-state index in [1.54, 1.807) is 18.2 Å². The van der Waals surface area contributed by atoms with Crippen LogP contribution in [0.1, 0.15) is 36.7 Å². The van der Waals surface area contributed by atoms with Crippen molar-refractivity contribution in [3.8, 4) is 0 Å². The first-order chi connectivity index (χ1) is 14.1. The summed E-state index contributed by atoms with van der Waals surface area (Å²) in [5.41, 5.74) is 1.89. The lowest BCUT2D eigenvalue weighted by molar-refractivity contribution is 0.0607. The number of alkyl carbamates (subject to hydrolysis) is 1. The fraction of sp³-hybridized carbons (Fsp3) is 0.273. The fourth-order valence-electron chi connectivity index (χ4n) is 2.98. The van der Waals surface area contributed by atoms with E-state index in [2.05, 4.69) is 47.5 Å². The molecule has 3 aromatic rings. The Balaban J connectivity index is 1.84.